The Morgan fingerprint density at radius 3 is 1.38 bits per heavy atom. The van der Waals surface area contributed by atoms with Crippen LogP contribution in [0.15, 0.2) is 29.1 Å². The highest BCUT2D eigenvalue weighted by Gasteiger charge is 1.96. The predicted molar refractivity (Wildman–Crippen MR) is 99.2 cm³/mol. The van der Waals surface area contributed by atoms with Crippen LogP contribution in [0, 0.1) is 17.8 Å². The van der Waals surface area contributed by atoms with Gasteiger partial charge in [0, 0.05) is 17.0 Å². The minimum Gasteiger partial charge on any atom is -0.201 e. The van der Waals surface area contributed by atoms with E-state index >= 15 is 0 Å². The van der Waals surface area contributed by atoms with Gasteiger partial charge in [0.2, 0.25) is 0 Å². The van der Waals surface area contributed by atoms with E-state index in [0.717, 1.165) is 5.69 Å². The molecular formula is C17H32N2S2. The molecule has 0 aromatic carbocycles. The zero-order valence-corrected chi connectivity index (χ0v) is 16.7. The van der Waals surface area contributed by atoms with Gasteiger partial charge in [0.05, 0.1) is 5.69 Å². The standard InChI is InChI=1S/2C5H12.C4H5NS.C3H3NS/c2*1-5(2,3)4;1-4-2-3-6-5-4;1-2-4-5-3-1/h2*1-4H3;2-3H,1H3;1-3H. The maximum Gasteiger partial charge on any atom is 0.0511 e. The molecule has 2 aromatic rings. The molecule has 2 nitrogen and oxygen atoms in total. The first-order valence-corrected chi connectivity index (χ1v) is 8.78. The van der Waals surface area contributed by atoms with Gasteiger partial charge in [-0.3, -0.25) is 0 Å². The minimum absolute atomic E-state index is 0.500. The van der Waals surface area contributed by atoms with Crippen LogP contribution in [-0.2, 0) is 0 Å². The summed E-state index contributed by atoms with van der Waals surface area (Å²) in [6, 6.07) is 3.90. The van der Waals surface area contributed by atoms with E-state index in [0.29, 0.717) is 10.8 Å². The Labute approximate surface area is 140 Å². The number of nitrogens with zero attached hydrogens (tertiary/aromatic N) is 2. The topological polar surface area (TPSA) is 25.8 Å². The van der Waals surface area contributed by atoms with Crippen LogP contribution in [0.4, 0.5) is 0 Å². The fourth-order valence-electron chi connectivity index (χ4n) is 0.449. The molecule has 0 amide bonds. The Balaban J connectivity index is 0. The lowest BCUT2D eigenvalue weighted by Gasteiger charge is -2.05. The van der Waals surface area contributed by atoms with Crippen LogP contribution in [0.3, 0.4) is 0 Å². The molecule has 0 unspecified atom stereocenters. The number of hydrogen-bond donors (Lipinski definition) is 0. The molecule has 4 heteroatoms. The zero-order valence-electron chi connectivity index (χ0n) is 15.1. The molecule has 0 fully saturated rings. The highest BCUT2D eigenvalue weighted by atomic mass is 32.1. The molecule has 0 saturated carbocycles. The van der Waals surface area contributed by atoms with Crippen LogP contribution < -0.4 is 0 Å². The Bertz CT molecular complexity index is 352. The van der Waals surface area contributed by atoms with Crippen LogP contribution in [-0.4, -0.2) is 8.75 Å². The second kappa shape index (κ2) is 11.9. The number of rotatable bonds is 0. The minimum atomic E-state index is 0.500. The molecule has 2 rings (SSSR count). The SMILES string of the molecule is CC(C)(C)C.CC(C)(C)C.Cc1ccsn1.c1cnsc1. The summed E-state index contributed by atoms with van der Waals surface area (Å²) in [7, 11) is 0. The molecule has 0 atom stereocenters. The lowest BCUT2D eigenvalue weighted by atomic mass is 10.0. The molecule has 2 heterocycles. The monoisotopic (exact) mass is 328 g/mol. The average Bonchev–Trinajstić information content (AvgIpc) is 2.84. The Morgan fingerprint density at radius 2 is 1.29 bits per heavy atom. The van der Waals surface area contributed by atoms with Crippen LogP contribution in [0.2, 0.25) is 0 Å². The van der Waals surface area contributed by atoms with Crippen LogP contribution in [0.1, 0.15) is 61.1 Å². The van der Waals surface area contributed by atoms with Crippen molar-refractivity contribution in [3.63, 3.8) is 0 Å². The third-order valence-corrected chi connectivity index (χ3v) is 2.09. The van der Waals surface area contributed by atoms with E-state index in [1.54, 1.807) is 6.20 Å². The summed E-state index contributed by atoms with van der Waals surface area (Å²) in [6.45, 7) is 19.5. The average molecular weight is 329 g/mol. The summed E-state index contributed by atoms with van der Waals surface area (Å²) in [5, 5.41) is 3.90. The van der Waals surface area contributed by atoms with Crippen molar-refractivity contribution in [2.24, 2.45) is 10.8 Å². The molecule has 122 valence electrons. The fraction of sp³-hybridized carbons (Fsp3) is 0.647. The maximum atomic E-state index is 3.96. The first-order valence-electron chi connectivity index (χ1n) is 7.11. The fourth-order valence-corrected chi connectivity index (χ4v) is 1.35. The normalized spacial score (nSPS) is 10.1. The van der Waals surface area contributed by atoms with E-state index < -0.39 is 0 Å². The molecule has 0 saturated heterocycles. The van der Waals surface area contributed by atoms with Gasteiger partial charge >= 0.3 is 0 Å². The van der Waals surface area contributed by atoms with Crippen LogP contribution >= 0.6 is 23.1 Å². The van der Waals surface area contributed by atoms with Crippen molar-refractivity contribution in [3.05, 3.63) is 34.8 Å². The van der Waals surface area contributed by atoms with Crippen molar-refractivity contribution < 1.29 is 0 Å². The second-order valence-corrected chi connectivity index (χ2v) is 9.19. The quantitative estimate of drug-likeness (QED) is 0.537. The number of hydrogen-bond acceptors (Lipinski definition) is 4. The van der Waals surface area contributed by atoms with E-state index in [9.17, 15) is 0 Å². The van der Waals surface area contributed by atoms with Crippen molar-refractivity contribution in [1.29, 1.82) is 0 Å². The Hall–Kier alpha value is -0.740. The van der Waals surface area contributed by atoms with Crippen molar-refractivity contribution in [1.82, 2.24) is 8.75 Å². The smallest absolute Gasteiger partial charge is 0.0511 e. The predicted octanol–water partition coefficient (Wildman–Crippen LogP) is 6.70. The number of aryl methyl sites for hydroxylation is 1. The van der Waals surface area contributed by atoms with Gasteiger partial charge in [-0.2, -0.15) is 4.37 Å². The Morgan fingerprint density at radius 1 is 0.810 bits per heavy atom. The molecule has 0 bridgehead atoms. The molecule has 0 radical (unpaired) electrons. The van der Waals surface area contributed by atoms with Gasteiger partial charge in [0.15, 0.2) is 0 Å². The van der Waals surface area contributed by atoms with Gasteiger partial charge in [-0.05, 0) is 53.0 Å². The molecule has 0 N–H and O–H groups in total. The third-order valence-electron chi connectivity index (χ3n) is 0.914. The Kier molecular flexibility index (Phi) is 12.7. The second-order valence-electron chi connectivity index (χ2n) is 7.83. The first-order chi connectivity index (χ1) is 9.39. The molecule has 21 heavy (non-hydrogen) atoms. The van der Waals surface area contributed by atoms with Gasteiger partial charge in [-0.25, -0.2) is 4.37 Å². The van der Waals surface area contributed by atoms with Gasteiger partial charge in [0.1, 0.15) is 0 Å². The van der Waals surface area contributed by atoms with E-state index in [2.05, 4.69) is 64.1 Å². The third kappa shape index (κ3) is 45.3. The maximum absolute atomic E-state index is 3.96. The van der Waals surface area contributed by atoms with Crippen LogP contribution in [0.5, 0.6) is 0 Å². The summed E-state index contributed by atoms with van der Waals surface area (Å²) >= 11 is 2.95. The highest BCUT2D eigenvalue weighted by molar-refractivity contribution is 7.03. The molecule has 0 aliphatic rings. The summed E-state index contributed by atoms with van der Waals surface area (Å²) < 4.78 is 7.72. The lowest BCUT2D eigenvalue weighted by Crippen LogP contribution is -1.93. The van der Waals surface area contributed by atoms with Gasteiger partial charge in [0.25, 0.3) is 0 Å². The molecule has 0 aliphatic carbocycles. The van der Waals surface area contributed by atoms with E-state index in [4.69, 9.17) is 0 Å². The number of aromatic nitrogens is 2. The summed E-state index contributed by atoms with van der Waals surface area (Å²) in [6.07, 6.45) is 1.77. The highest BCUT2D eigenvalue weighted by Crippen LogP contribution is 2.08. The van der Waals surface area contributed by atoms with E-state index in [1.165, 1.54) is 23.1 Å². The summed E-state index contributed by atoms with van der Waals surface area (Å²) in [5.41, 5.74) is 2.11. The van der Waals surface area contributed by atoms with Crippen molar-refractivity contribution in [2.75, 3.05) is 0 Å². The van der Waals surface area contributed by atoms with Crippen molar-refractivity contribution in [3.8, 4) is 0 Å². The molecule has 0 spiro atoms. The van der Waals surface area contributed by atoms with Crippen LogP contribution in [0.25, 0.3) is 0 Å². The first kappa shape index (κ1) is 22.5. The largest absolute Gasteiger partial charge is 0.201 e. The van der Waals surface area contributed by atoms with Crippen molar-refractivity contribution in [2.45, 2.75) is 62.3 Å². The lowest BCUT2D eigenvalue weighted by molar-refractivity contribution is 0.469. The van der Waals surface area contributed by atoms with Gasteiger partial charge in [-0.1, -0.05) is 55.4 Å². The molecular weight excluding hydrogens is 296 g/mol. The zero-order chi connectivity index (χ0) is 16.9. The van der Waals surface area contributed by atoms with Crippen molar-refractivity contribution >= 4 is 23.1 Å². The summed E-state index contributed by atoms with van der Waals surface area (Å²) in [5.74, 6) is 0. The molecule has 2 aromatic heterocycles. The molecule has 0 aliphatic heterocycles. The summed E-state index contributed by atoms with van der Waals surface area (Å²) in [4.78, 5) is 0. The van der Waals surface area contributed by atoms with Gasteiger partial charge < -0.3 is 0 Å². The van der Waals surface area contributed by atoms with E-state index in [1.807, 2.05) is 29.8 Å². The van der Waals surface area contributed by atoms with E-state index in [-0.39, 0.29) is 0 Å². The van der Waals surface area contributed by atoms with Gasteiger partial charge in [-0.15, -0.1) is 0 Å².